The van der Waals surface area contributed by atoms with Crippen LogP contribution in [0.3, 0.4) is 0 Å². The number of benzene rings is 2. The molecule has 1 saturated heterocycles. The third-order valence-corrected chi connectivity index (χ3v) is 7.67. The predicted molar refractivity (Wildman–Crippen MR) is 136 cm³/mol. The van der Waals surface area contributed by atoms with Crippen molar-refractivity contribution >= 4 is 33.5 Å². The molecule has 0 spiro atoms. The quantitative estimate of drug-likeness (QED) is 0.453. The number of ether oxygens (including phenoxy) is 2. The number of alkyl halides is 3. The maximum Gasteiger partial charge on any atom is 0.490 e. The molecule has 2 N–H and O–H groups in total. The van der Waals surface area contributed by atoms with Gasteiger partial charge in [0.05, 0.1) is 14.2 Å². The summed E-state index contributed by atoms with van der Waals surface area (Å²) in [6.45, 7) is 2.74. The number of piperazine rings is 1. The highest BCUT2D eigenvalue weighted by Crippen LogP contribution is 2.31. The van der Waals surface area contributed by atoms with Crippen molar-refractivity contribution < 1.29 is 45.8 Å². The summed E-state index contributed by atoms with van der Waals surface area (Å²) in [5.74, 6) is -2.08. The summed E-state index contributed by atoms with van der Waals surface area (Å²) in [5.41, 5.74) is 0.689. The Kier molecular flexibility index (Phi) is 11.8. The largest absolute Gasteiger partial charge is 0.496 e. The molecule has 15 heteroatoms. The number of amides is 1. The first-order chi connectivity index (χ1) is 18.3. The zero-order chi connectivity index (χ0) is 29.2. The van der Waals surface area contributed by atoms with Crippen LogP contribution in [0.1, 0.15) is 12.0 Å². The number of rotatable bonds is 9. The van der Waals surface area contributed by atoms with Crippen molar-refractivity contribution in [2.75, 3.05) is 46.9 Å². The lowest BCUT2D eigenvalue weighted by Crippen LogP contribution is -2.47. The van der Waals surface area contributed by atoms with Crippen LogP contribution in [0.5, 0.6) is 11.5 Å². The molecule has 1 heterocycles. The summed E-state index contributed by atoms with van der Waals surface area (Å²) < 4.78 is 71.0. The summed E-state index contributed by atoms with van der Waals surface area (Å²) in [5, 5.41) is 10.6. The molecule has 0 saturated carbocycles. The number of aliphatic carboxylic acids is 1. The molecular formula is C24H29ClF3N3O7S. The van der Waals surface area contributed by atoms with Gasteiger partial charge in [0, 0.05) is 56.3 Å². The van der Waals surface area contributed by atoms with Crippen LogP contribution in [-0.4, -0.2) is 87.7 Å². The molecule has 3 rings (SSSR count). The number of para-hydroxylation sites is 1. The maximum absolute atomic E-state index is 13.7. The molecule has 0 bridgehead atoms. The fourth-order valence-electron chi connectivity index (χ4n) is 3.59. The third-order valence-electron chi connectivity index (χ3n) is 5.57. The van der Waals surface area contributed by atoms with Crippen molar-refractivity contribution in [1.29, 1.82) is 0 Å². The van der Waals surface area contributed by atoms with Gasteiger partial charge in [0.2, 0.25) is 15.9 Å². The summed E-state index contributed by atoms with van der Waals surface area (Å²) in [4.78, 5) is 23.3. The Labute approximate surface area is 229 Å². The Morgan fingerprint density at radius 2 is 1.67 bits per heavy atom. The van der Waals surface area contributed by atoms with Crippen LogP contribution in [0.15, 0.2) is 47.4 Å². The number of hydrogen-bond acceptors (Lipinski definition) is 7. The molecule has 2 aromatic carbocycles. The first kappa shape index (κ1) is 32.1. The highest BCUT2D eigenvalue weighted by molar-refractivity contribution is 7.89. The summed E-state index contributed by atoms with van der Waals surface area (Å²) in [6, 6.07) is 11.6. The molecular weight excluding hydrogens is 567 g/mol. The topological polar surface area (TPSA) is 125 Å². The molecule has 39 heavy (non-hydrogen) atoms. The third kappa shape index (κ3) is 9.27. The highest BCUT2D eigenvalue weighted by atomic mass is 35.5. The van der Waals surface area contributed by atoms with Crippen molar-refractivity contribution in [3.05, 3.63) is 53.1 Å². The van der Waals surface area contributed by atoms with Gasteiger partial charge in [-0.3, -0.25) is 4.79 Å². The Balaban J connectivity index is 0.000000673. The molecule has 0 radical (unpaired) electrons. The number of halogens is 4. The molecule has 1 amide bonds. The van der Waals surface area contributed by atoms with Crippen LogP contribution in [0.4, 0.5) is 13.2 Å². The van der Waals surface area contributed by atoms with Crippen LogP contribution < -0.4 is 14.8 Å². The van der Waals surface area contributed by atoms with Gasteiger partial charge in [0.15, 0.2) is 0 Å². The number of carboxylic acids is 1. The molecule has 0 atom stereocenters. The molecule has 216 valence electrons. The zero-order valence-corrected chi connectivity index (χ0v) is 22.8. The first-order valence-electron chi connectivity index (χ1n) is 11.6. The SMILES string of the molecule is COc1ccccc1CN(CCC(=O)N1CCNCC1)S(=O)(=O)c1cc(Cl)ccc1OC.O=C(O)C(F)(F)F. The highest BCUT2D eigenvalue weighted by Gasteiger charge is 2.38. The Bertz CT molecular complexity index is 1240. The van der Waals surface area contributed by atoms with E-state index < -0.39 is 22.2 Å². The van der Waals surface area contributed by atoms with E-state index in [1.807, 2.05) is 12.1 Å². The van der Waals surface area contributed by atoms with Crippen LogP contribution in [0.25, 0.3) is 0 Å². The minimum atomic E-state index is -5.08. The molecule has 2 aromatic rings. The molecule has 0 aliphatic carbocycles. The van der Waals surface area contributed by atoms with Crippen LogP contribution >= 0.6 is 11.6 Å². The number of nitrogens with one attached hydrogen (secondary N) is 1. The monoisotopic (exact) mass is 595 g/mol. The molecule has 0 unspecified atom stereocenters. The van der Waals surface area contributed by atoms with Crippen molar-refractivity contribution in [3.63, 3.8) is 0 Å². The van der Waals surface area contributed by atoms with E-state index in [-0.39, 0.29) is 41.1 Å². The van der Waals surface area contributed by atoms with E-state index in [4.69, 9.17) is 31.0 Å². The van der Waals surface area contributed by atoms with E-state index in [9.17, 15) is 26.4 Å². The Morgan fingerprint density at radius 3 is 2.23 bits per heavy atom. The second-order valence-electron chi connectivity index (χ2n) is 8.13. The standard InChI is InChI=1S/C22H28ClN3O5S.C2HF3O2/c1-30-19-6-4-3-5-17(19)16-26(12-9-22(27)25-13-10-24-11-14-25)32(28,29)21-15-18(23)7-8-20(21)31-2;3-2(4,5)1(6)7/h3-8,15,24H,9-14,16H2,1-2H3;(H,6,7). The summed E-state index contributed by atoms with van der Waals surface area (Å²) in [6.07, 6.45) is -5.02. The summed E-state index contributed by atoms with van der Waals surface area (Å²) >= 11 is 6.10. The molecule has 1 fully saturated rings. The lowest BCUT2D eigenvalue weighted by atomic mass is 10.2. The predicted octanol–water partition coefficient (Wildman–Crippen LogP) is 3.00. The van der Waals surface area contributed by atoms with Crippen molar-refractivity contribution in [2.45, 2.75) is 24.0 Å². The van der Waals surface area contributed by atoms with Crippen LogP contribution in [0, 0.1) is 0 Å². The fourth-order valence-corrected chi connectivity index (χ4v) is 5.43. The summed E-state index contributed by atoms with van der Waals surface area (Å²) in [7, 11) is -1.09. The van der Waals surface area contributed by atoms with Gasteiger partial charge in [-0.2, -0.15) is 17.5 Å². The molecule has 1 aliphatic rings. The van der Waals surface area contributed by atoms with Gasteiger partial charge < -0.3 is 24.8 Å². The van der Waals surface area contributed by atoms with Crippen molar-refractivity contribution in [2.24, 2.45) is 0 Å². The minimum absolute atomic E-state index is 0.0127. The van der Waals surface area contributed by atoms with Gasteiger partial charge in [-0.15, -0.1) is 0 Å². The van der Waals surface area contributed by atoms with Gasteiger partial charge in [0.25, 0.3) is 0 Å². The number of nitrogens with zero attached hydrogens (tertiary/aromatic N) is 2. The number of sulfonamides is 1. The van der Waals surface area contributed by atoms with Gasteiger partial charge in [-0.05, 0) is 24.3 Å². The minimum Gasteiger partial charge on any atom is -0.496 e. The van der Waals surface area contributed by atoms with E-state index in [2.05, 4.69) is 5.32 Å². The second-order valence-corrected chi connectivity index (χ2v) is 10.5. The Morgan fingerprint density at radius 1 is 1.08 bits per heavy atom. The second kappa shape index (κ2) is 14.4. The average molecular weight is 596 g/mol. The smallest absolute Gasteiger partial charge is 0.490 e. The first-order valence-corrected chi connectivity index (χ1v) is 13.4. The van der Waals surface area contributed by atoms with Crippen LogP contribution in [0.2, 0.25) is 5.02 Å². The van der Waals surface area contributed by atoms with Gasteiger partial charge >= 0.3 is 12.1 Å². The van der Waals surface area contributed by atoms with E-state index in [0.717, 1.165) is 13.1 Å². The Hall–Kier alpha value is -3.07. The molecule has 1 aliphatic heterocycles. The lowest BCUT2D eigenvalue weighted by molar-refractivity contribution is -0.192. The van der Waals surface area contributed by atoms with Crippen LogP contribution in [-0.2, 0) is 26.2 Å². The number of carbonyl (C=O) groups is 2. The maximum atomic E-state index is 13.7. The normalized spacial score (nSPS) is 13.9. The lowest BCUT2D eigenvalue weighted by Gasteiger charge is -2.29. The van der Waals surface area contributed by atoms with Crippen molar-refractivity contribution in [3.8, 4) is 11.5 Å². The number of hydrogen-bond donors (Lipinski definition) is 2. The number of carboxylic acid groups (broad SMARTS) is 1. The fraction of sp³-hybridized carbons (Fsp3) is 0.417. The van der Waals surface area contributed by atoms with Gasteiger partial charge in [0.1, 0.15) is 16.4 Å². The van der Waals surface area contributed by atoms with Gasteiger partial charge in [-0.1, -0.05) is 29.8 Å². The number of methoxy groups -OCH3 is 2. The van der Waals surface area contributed by atoms with E-state index in [1.54, 1.807) is 23.1 Å². The van der Waals surface area contributed by atoms with Gasteiger partial charge in [-0.25, -0.2) is 13.2 Å². The average Bonchev–Trinajstić information content (AvgIpc) is 2.91. The van der Waals surface area contributed by atoms with E-state index in [0.29, 0.717) is 24.4 Å². The zero-order valence-electron chi connectivity index (χ0n) is 21.2. The van der Waals surface area contributed by atoms with E-state index >= 15 is 0 Å². The van der Waals surface area contributed by atoms with E-state index in [1.165, 1.54) is 30.7 Å². The number of carbonyl (C=O) groups excluding carboxylic acids is 1. The molecule has 0 aromatic heterocycles. The molecule has 10 nitrogen and oxygen atoms in total. The van der Waals surface area contributed by atoms with Crippen molar-refractivity contribution in [1.82, 2.24) is 14.5 Å².